The average molecular weight is 207 g/mol. The first-order valence-corrected chi connectivity index (χ1v) is 4.87. The van der Waals surface area contributed by atoms with Crippen LogP contribution in [0.2, 0.25) is 0 Å². The van der Waals surface area contributed by atoms with E-state index < -0.39 is 5.91 Å². The summed E-state index contributed by atoms with van der Waals surface area (Å²) in [4.78, 5) is 11.0. The summed E-state index contributed by atoms with van der Waals surface area (Å²) in [7, 11) is 0. The number of carbonyl (C=O) groups excluding carboxylic acids is 1. The van der Waals surface area contributed by atoms with Crippen LogP contribution < -0.4 is 5.32 Å². The molecule has 0 saturated carbocycles. The van der Waals surface area contributed by atoms with Gasteiger partial charge < -0.3 is 9.47 Å². The molecule has 80 valence electrons. The monoisotopic (exact) mass is 207 g/mol. The van der Waals surface area contributed by atoms with E-state index in [9.17, 15) is 4.79 Å². The van der Waals surface area contributed by atoms with Crippen LogP contribution in [0.15, 0.2) is 30.3 Å². The molecule has 1 aliphatic rings. The maximum absolute atomic E-state index is 11.0. The minimum Gasteiger partial charge on any atom is -0.415 e. The molecule has 15 heavy (non-hydrogen) atoms. The lowest BCUT2D eigenvalue weighted by atomic mass is 10.1. The van der Waals surface area contributed by atoms with Gasteiger partial charge in [-0.05, 0) is 0 Å². The predicted octanol–water partition coefficient (Wildman–Crippen LogP) is 0.980. The van der Waals surface area contributed by atoms with Crippen molar-refractivity contribution in [2.75, 3.05) is 13.2 Å². The van der Waals surface area contributed by atoms with E-state index >= 15 is 0 Å². The van der Waals surface area contributed by atoms with Crippen molar-refractivity contribution in [3.63, 3.8) is 0 Å². The lowest BCUT2D eigenvalue weighted by Gasteiger charge is -2.27. The lowest BCUT2D eigenvalue weighted by molar-refractivity contribution is -0.227. The first-order valence-electron chi connectivity index (χ1n) is 4.87. The Hall–Kier alpha value is -1.39. The van der Waals surface area contributed by atoms with Crippen LogP contribution in [-0.4, -0.2) is 19.1 Å². The minimum atomic E-state index is -1.09. The molecule has 4 nitrogen and oxygen atoms in total. The molecule has 0 amide bonds. The molecule has 1 aliphatic heterocycles. The van der Waals surface area contributed by atoms with Crippen molar-refractivity contribution < 1.29 is 14.3 Å². The van der Waals surface area contributed by atoms with Gasteiger partial charge in [0.2, 0.25) is 0 Å². The molecule has 1 aromatic rings. The van der Waals surface area contributed by atoms with Crippen molar-refractivity contribution in [1.82, 2.24) is 5.32 Å². The second-order valence-corrected chi connectivity index (χ2v) is 3.35. The summed E-state index contributed by atoms with van der Waals surface area (Å²) < 4.78 is 10.7. The van der Waals surface area contributed by atoms with Crippen molar-refractivity contribution in [2.45, 2.75) is 12.8 Å². The highest BCUT2D eigenvalue weighted by molar-refractivity contribution is 5.66. The molecule has 0 aromatic heterocycles. The quantitative estimate of drug-likeness (QED) is 0.734. The lowest BCUT2D eigenvalue weighted by Crippen LogP contribution is -2.42. The fourth-order valence-electron chi connectivity index (χ4n) is 1.63. The van der Waals surface area contributed by atoms with Crippen LogP contribution in [0, 0.1) is 0 Å². The Kier molecular flexibility index (Phi) is 2.70. The Morgan fingerprint density at radius 1 is 1.47 bits per heavy atom. The number of nitrogens with one attached hydrogen (secondary N) is 1. The highest BCUT2D eigenvalue weighted by atomic mass is 16.7. The number of hydrogen-bond acceptors (Lipinski definition) is 4. The summed E-state index contributed by atoms with van der Waals surface area (Å²) in [5, 5.41) is 3.05. The van der Waals surface area contributed by atoms with Crippen molar-refractivity contribution in [2.24, 2.45) is 0 Å². The number of benzene rings is 1. The van der Waals surface area contributed by atoms with Gasteiger partial charge in [-0.25, -0.2) is 5.32 Å². The van der Waals surface area contributed by atoms with E-state index in [0.29, 0.717) is 13.2 Å². The molecular weight excluding hydrogens is 194 g/mol. The molecule has 0 aliphatic carbocycles. The number of rotatable bonds is 2. The van der Waals surface area contributed by atoms with Gasteiger partial charge in [-0.15, -0.1) is 0 Å². The Labute approximate surface area is 88.2 Å². The summed E-state index contributed by atoms with van der Waals surface area (Å²) in [5.74, 6) is -1.46. The molecule has 0 radical (unpaired) electrons. The summed E-state index contributed by atoms with van der Waals surface area (Å²) in [6.45, 7) is 2.57. The predicted molar refractivity (Wildman–Crippen MR) is 53.8 cm³/mol. The van der Waals surface area contributed by atoms with Crippen LogP contribution in [0.5, 0.6) is 0 Å². The normalized spacial score (nSPS) is 25.1. The standard InChI is InChI=1S/C11H13NO3/c1-9(13)15-11(12-7-8-14-11)10-5-3-2-4-6-10/h2-6,12H,7-8H2,1H3. The maximum atomic E-state index is 11.0. The first kappa shape index (κ1) is 10.1. The van der Waals surface area contributed by atoms with Crippen LogP contribution in [0.3, 0.4) is 0 Å². The van der Waals surface area contributed by atoms with E-state index in [1.807, 2.05) is 30.3 Å². The van der Waals surface area contributed by atoms with Crippen LogP contribution >= 0.6 is 0 Å². The fourth-order valence-corrected chi connectivity index (χ4v) is 1.63. The summed E-state index contributed by atoms with van der Waals surface area (Å²) in [6, 6.07) is 9.39. The molecular formula is C11H13NO3. The molecule has 1 heterocycles. The number of hydrogen-bond donors (Lipinski definition) is 1. The van der Waals surface area contributed by atoms with E-state index in [2.05, 4.69) is 5.32 Å². The van der Waals surface area contributed by atoms with E-state index in [1.165, 1.54) is 6.92 Å². The molecule has 1 N–H and O–H groups in total. The number of esters is 1. The maximum Gasteiger partial charge on any atom is 0.306 e. The van der Waals surface area contributed by atoms with Crippen molar-refractivity contribution in [3.05, 3.63) is 35.9 Å². The van der Waals surface area contributed by atoms with Crippen molar-refractivity contribution >= 4 is 5.97 Å². The van der Waals surface area contributed by atoms with Gasteiger partial charge in [0.15, 0.2) is 0 Å². The third-order valence-electron chi connectivity index (χ3n) is 2.21. The number of carbonyl (C=O) groups is 1. The SMILES string of the molecule is CC(=O)OC1(c2ccccc2)NCCO1. The van der Waals surface area contributed by atoms with Crippen molar-refractivity contribution in [1.29, 1.82) is 0 Å². The van der Waals surface area contributed by atoms with Crippen LogP contribution in [0.1, 0.15) is 12.5 Å². The van der Waals surface area contributed by atoms with Gasteiger partial charge in [0, 0.05) is 19.0 Å². The fraction of sp³-hybridized carbons (Fsp3) is 0.364. The topological polar surface area (TPSA) is 47.6 Å². The highest BCUT2D eigenvalue weighted by Gasteiger charge is 2.40. The van der Waals surface area contributed by atoms with E-state index in [0.717, 1.165) is 5.56 Å². The zero-order valence-electron chi connectivity index (χ0n) is 8.53. The molecule has 4 heteroatoms. The first-order chi connectivity index (χ1) is 7.23. The van der Waals surface area contributed by atoms with Gasteiger partial charge in [-0.2, -0.15) is 0 Å². The summed E-state index contributed by atoms with van der Waals surface area (Å²) in [6.07, 6.45) is 0. The molecule has 0 bridgehead atoms. The Bertz CT molecular complexity index is 344. The van der Waals surface area contributed by atoms with Gasteiger partial charge in [0.1, 0.15) is 0 Å². The van der Waals surface area contributed by atoms with Crippen molar-refractivity contribution in [3.8, 4) is 0 Å². The average Bonchev–Trinajstić information content (AvgIpc) is 2.68. The second kappa shape index (κ2) is 4.00. The Balaban J connectivity index is 2.30. The minimum absolute atomic E-state index is 0.367. The molecule has 0 spiro atoms. The Morgan fingerprint density at radius 3 is 2.73 bits per heavy atom. The van der Waals surface area contributed by atoms with Gasteiger partial charge >= 0.3 is 11.9 Å². The molecule has 1 aromatic carbocycles. The van der Waals surface area contributed by atoms with Gasteiger partial charge in [0.05, 0.1) is 6.61 Å². The highest BCUT2D eigenvalue weighted by Crippen LogP contribution is 2.27. The summed E-state index contributed by atoms with van der Waals surface area (Å²) >= 11 is 0. The smallest absolute Gasteiger partial charge is 0.306 e. The van der Waals surface area contributed by atoms with Gasteiger partial charge in [-0.1, -0.05) is 30.3 Å². The van der Waals surface area contributed by atoms with E-state index in [1.54, 1.807) is 0 Å². The van der Waals surface area contributed by atoms with Crippen LogP contribution in [0.4, 0.5) is 0 Å². The molecule has 1 saturated heterocycles. The third-order valence-corrected chi connectivity index (χ3v) is 2.21. The second-order valence-electron chi connectivity index (χ2n) is 3.35. The zero-order chi connectivity index (χ0) is 10.7. The van der Waals surface area contributed by atoms with E-state index in [-0.39, 0.29) is 5.97 Å². The number of ether oxygens (including phenoxy) is 2. The van der Waals surface area contributed by atoms with Gasteiger partial charge in [-0.3, -0.25) is 4.79 Å². The summed E-state index contributed by atoms with van der Waals surface area (Å²) in [5.41, 5.74) is 0.803. The molecule has 2 rings (SSSR count). The zero-order valence-corrected chi connectivity index (χ0v) is 8.53. The third kappa shape index (κ3) is 2.00. The van der Waals surface area contributed by atoms with Crippen LogP contribution in [-0.2, 0) is 20.2 Å². The Morgan fingerprint density at radius 2 is 2.20 bits per heavy atom. The molecule has 1 atom stereocenters. The molecule has 1 unspecified atom stereocenters. The van der Waals surface area contributed by atoms with E-state index in [4.69, 9.17) is 9.47 Å². The largest absolute Gasteiger partial charge is 0.415 e. The van der Waals surface area contributed by atoms with Gasteiger partial charge in [0.25, 0.3) is 0 Å². The molecule has 1 fully saturated rings. The van der Waals surface area contributed by atoms with Crippen LogP contribution in [0.25, 0.3) is 0 Å².